The average molecular weight is 294 g/mol. The zero-order valence-electron chi connectivity index (χ0n) is 11.5. The van der Waals surface area contributed by atoms with Gasteiger partial charge in [-0.05, 0) is 48.5 Å². The van der Waals surface area contributed by atoms with Crippen molar-refractivity contribution in [2.24, 2.45) is 0 Å². The molecule has 1 aliphatic rings. The minimum absolute atomic E-state index is 0.130. The predicted octanol–water partition coefficient (Wildman–Crippen LogP) is 3.26. The molecule has 3 nitrogen and oxygen atoms in total. The number of carbonyl (C=O) groups is 1. The highest BCUT2D eigenvalue weighted by Gasteiger charge is 2.31. The first-order valence-corrected chi connectivity index (χ1v) is 7.05. The van der Waals surface area contributed by atoms with Gasteiger partial charge in [0.1, 0.15) is 5.70 Å². The maximum atomic E-state index is 12.5. The molecule has 0 saturated carbocycles. The molecule has 1 saturated heterocycles. The molecule has 0 aromatic heterocycles. The molecule has 0 unspecified atom stereocenters. The van der Waals surface area contributed by atoms with Gasteiger partial charge in [0.05, 0.1) is 5.69 Å². The SMILES string of the molecule is Cc1ccccc1/C=C1/NC(=S)N(c2ccccc2)C1=O. The molecule has 1 amide bonds. The number of para-hydroxylation sites is 1. The van der Waals surface area contributed by atoms with Crippen molar-refractivity contribution in [2.75, 3.05) is 4.90 Å². The topological polar surface area (TPSA) is 32.3 Å². The van der Waals surface area contributed by atoms with Gasteiger partial charge < -0.3 is 5.32 Å². The van der Waals surface area contributed by atoms with Gasteiger partial charge in [-0.2, -0.15) is 0 Å². The highest BCUT2D eigenvalue weighted by Crippen LogP contribution is 2.22. The molecule has 1 N–H and O–H groups in total. The molecule has 2 aromatic carbocycles. The van der Waals surface area contributed by atoms with Crippen LogP contribution in [0.15, 0.2) is 60.3 Å². The summed E-state index contributed by atoms with van der Waals surface area (Å²) in [5.74, 6) is -0.130. The van der Waals surface area contributed by atoms with Crippen LogP contribution in [0.5, 0.6) is 0 Å². The number of nitrogens with one attached hydrogen (secondary N) is 1. The second-order valence-corrected chi connectivity index (χ2v) is 5.21. The van der Waals surface area contributed by atoms with Crippen molar-refractivity contribution < 1.29 is 4.79 Å². The van der Waals surface area contributed by atoms with Gasteiger partial charge in [0.25, 0.3) is 5.91 Å². The van der Waals surface area contributed by atoms with Crippen LogP contribution >= 0.6 is 12.2 Å². The quantitative estimate of drug-likeness (QED) is 0.681. The number of aryl methyl sites for hydroxylation is 1. The molecular formula is C17H14N2OS. The lowest BCUT2D eigenvalue weighted by Crippen LogP contribution is -2.30. The van der Waals surface area contributed by atoms with Crippen LogP contribution in [0.1, 0.15) is 11.1 Å². The van der Waals surface area contributed by atoms with E-state index in [1.54, 1.807) is 0 Å². The fourth-order valence-corrected chi connectivity index (χ4v) is 2.55. The van der Waals surface area contributed by atoms with E-state index in [4.69, 9.17) is 12.2 Å². The van der Waals surface area contributed by atoms with Crippen LogP contribution in [-0.2, 0) is 4.79 Å². The molecule has 0 radical (unpaired) electrons. The molecule has 3 rings (SSSR count). The van der Waals surface area contributed by atoms with Crippen LogP contribution < -0.4 is 10.2 Å². The Labute approximate surface area is 128 Å². The lowest BCUT2D eigenvalue weighted by Gasteiger charge is -2.13. The predicted molar refractivity (Wildman–Crippen MR) is 88.8 cm³/mol. The van der Waals surface area contributed by atoms with E-state index in [2.05, 4.69) is 5.32 Å². The fraction of sp³-hybridized carbons (Fsp3) is 0.0588. The number of thiocarbonyl (C=S) groups is 1. The Hall–Kier alpha value is -2.46. The first-order chi connectivity index (χ1) is 10.2. The van der Waals surface area contributed by atoms with Gasteiger partial charge in [-0.25, -0.2) is 0 Å². The Morgan fingerprint density at radius 2 is 1.71 bits per heavy atom. The van der Waals surface area contributed by atoms with Gasteiger partial charge >= 0.3 is 0 Å². The summed E-state index contributed by atoms with van der Waals surface area (Å²) in [4.78, 5) is 14.1. The fourth-order valence-electron chi connectivity index (χ4n) is 2.25. The Morgan fingerprint density at radius 3 is 2.43 bits per heavy atom. The number of benzene rings is 2. The summed E-state index contributed by atoms with van der Waals surface area (Å²) in [6.45, 7) is 2.01. The normalized spacial score (nSPS) is 16.4. The molecule has 21 heavy (non-hydrogen) atoms. The number of anilines is 1. The van der Waals surface area contributed by atoms with Crippen molar-refractivity contribution in [2.45, 2.75) is 6.92 Å². The van der Waals surface area contributed by atoms with E-state index in [0.29, 0.717) is 10.8 Å². The zero-order valence-corrected chi connectivity index (χ0v) is 12.4. The van der Waals surface area contributed by atoms with Crippen LogP contribution in [0.4, 0.5) is 5.69 Å². The summed E-state index contributed by atoms with van der Waals surface area (Å²) in [6, 6.07) is 17.3. The largest absolute Gasteiger partial charge is 0.327 e. The molecule has 4 heteroatoms. The summed E-state index contributed by atoms with van der Waals surface area (Å²) in [6.07, 6.45) is 1.84. The Morgan fingerprint density at radius 1 is 1.05 bits per heavy atom. The molecule has 0 spiro atoms. The molecular weight excluding hydrogens is 280 g/mol. The van der Waals surface area contributed by atoms with Crippen molar-refractivity contribution >= 4 is 35.0 Å². The second kappa shape index (κ2) is 5.50. The van der Waals surface area contributed by atoms with Gasteiger partial charge in [0.15, 0.2) is 5.11 Å². The van der Waals surface area contributed by atoms with Gasteiger partial charge in [0, 0.05) is 0 Å². The Bertz CT molecular complexity index is 737. The molecule has 0 aliphatic carbocycles. The number of nitrogens with zero attached hydrogens (tertiary/aromatic N) is 1. The van der Waals surface area contributed by atoms with Crippen LogP contribution in [0.3, 0.4) is 0 Å². The van der Waals surface area contributed by atoms with E-state index in [-0.39, 0.29) is 5.91 Å². The maximum Gasteiger partial charge on any atom is 0.281 e. The van der Waals surface area contributed by atoms with E-state index < -0.39 is 0 Å². The minimum atomic E-state index is -0.130. The molecule has 104 valence electrons. The van der Waals surface area contributed by atoms with Crippen LogP contribution in [0, 0.1) is 6.92 Å². The van der Waals surface area contributed by atoms with Crippen molar-refractivity contribution in [3.8, 4) is 0 Å². The van der Waals surface area contributed by atoms with Crippen molar-refractivity contribution in [1.29, 1.82) is 0 Å². The van der Waals surface area contributed by atoms with E-state index >= 15 is 0 Å². The lowest BCUT2D eigenvalue weighted by molar-refractivity contribution is -0.113. The third kappa shape index (κ3) is 2.58. The van der Waals surface area contributed by atoms with Crippen LogP contribution in [0.25, 0.3) is 6.08 Å². The monoisotopic (exact) mass is 294 g/mol. The van der Waals surface area contributed by atoms with E-state index in [1.807, 2.05) is 67.6 Å². The van der Waals surface area contributed by atoms with Crippen LogP contribution in [-0.4, -0.2) is 11.0 Å². The third-order valence-corrected chi connectivity index (χ3v) is 3.67. The van der Waals surface area contributed by atoms with E-state index in [9.17, 15) is 4.79 Å². The smallest absolute Gasteiger partial charge is 0.281 e. The van der Waals surface area contributed by atoms with E-state index in [0.717, 1.165) is 16.8 Å². The number of hydrogen-bond donors (Lipinski definition) is 1. The summed E-state index contributed by atoms with van der Waals surface area (Å²) in [5, 5.41) is 3.41. The van der Waals surface area contributed by atoms with Gasteiger partial charge in [-0.15, -0.1) is 0 Å². The summed E-state index contributed by atoms with van der Waals surface area (Å²) < 4.78 is 0. The van der Waals surface area contributed by atoms with Crippen molar-refractivity contribution in [1.82, 2.24) is 5.32 Å². The van der Waals surface area contributed by atoms with E-state index in [1.165, 1.54) is 4.90 Å². The van der Waals surface area contributed by atoms with Crippen molar-refractivity contribution in [3.05, 3.63) is 71.4 Å². The third-order valence-electron chi connectivity index (χ3n) is 3.38. The molecule has 2 aromatic rings. The highest BCUT2D eigenvalue weighted by atomic mass is 32.1. The van der Waals surface area contributed by atoms with Gasteiger partial charge in [-0.3, -0.25) is 9.69 Å². The average Bonchev–Trinajstić information content (AvgIpc) is 2.77. The Kier molecular flexibility index (Phi) is 3.54. The highest BCUT2D eigenvalue weighted by molar-refractivity contribution is 7.80. The maximum absolute atomic E-state index is 12.5. The number of rotatable bonds is 2. The lowest BCUT2D eigenvalue weighted by atomic mass is 10.1. The summed E-state index contributed by atoms with van der Waals surface area (Å²) in [7, 11) is 0. The molecule has 0 bridgehead atoms. The standard InChI is InChI=1S/C17H14N2OS/c1-12-7-5-6-8-13(12)11-15-16(20)19(17(21)18-15)14-9-3-2-4-10-14/h2-11H,1H3,(H,18,21)/b15-11+. The van der Waals surface area contributed by atoms with Crippen molar-refractivity contribution in [3.63, 3.8) is 0 Å². The summed E-state index contributed by atoms with van der Waals surface area (Å²) >= 11 is 5.28. The molecule has 1 aliphatic heterocycles. The second-order valence-electron chi connectivity index (χ2n) is 4.82. The first-order valence-electron chi connectivity index (χ1n) is 6.64. The number of carbonyl (C=O) groups excluding carboxylic acids is 1. The Balaban J connectivity index is 1.96. The zero-order chi connectivity index (χ0) is 14.8. The molecule has 1 fully saturated rings. The summed E-state index contributed by atoms with van der Waals surface area (Å²) in [5.41, 5.74) is 3.39. The van der Waals surface area contributed by atoms with Gasteiger partial charge in [-0.1, -0.05) is 42.5 Å². The number of hydrogen-bond acceptors (Lipinski definition) is 2. The van der Waals surface area contributed by atoms with Crippen LogP contribution in [0.2, 0.25) is 0 Å². The minimum Gasteiger partial charge on any atom is -0.327 e. The number of amides is 1. The molecule has 1 heterocycles. The molecule has 0 atom stereocenters. The first kappa shape index (κ1) is 13.5. The van der Waals surface area contributed by atoms with Gasteiger partial charge in [0.2, 0.25) is 0 Å².